The molecule has 1 N–H and O–H groups in total. The van der Waals surface area contributed by atoms with Crippen molar-refractivity contribution in [1.82, 2.24) is 29.5 Å². The van der Waals surface area contributed by atoms with Crippen LogP contribution in [-0.2, 0) is 0 Å². The normalized spacial score (nSPS) is 12.5. The highest BCUT2D eigenvalue weighted by Gasteiger charge is 2.18. The van der Waals surface area contributed by atoms with E-state index >= 15 is 0 Å². The Kier molecular flexibility index (Phi) is 3.72. The van der Waals surface area contributed by atoms with Crippen molar-refractivity contribution in [2.24, 2.45) is 0 Å². The highest BCUT2D eigenvalue weighted by molar-refractivity contribution is 5.93. The van der Waals surface area contributed by atoms with Crippen LogP contribution in [-0.4, -0.2) is 29.5 Å². The molecule has 0 aliphatic carbocycles. The third kappa shape index (κ3) is 2.56. The Balaban J connectivity index is 1.72. The molecule has 5 aromatic rings. The van der Waals surface area contributed by atoms with E-state index in [0.29, 0.717) is 17.0 Å². The number of imidazole rings is 1. The number of nitrogens with one attached hydrogen (secondary N) is 1. The zero-order valence-corrected chi connectivity index (χ0v) is 15.1. The number of benzene rings is 1. The van der Waals surface area contributed by atoms with Gasteiger partial charge in [0.15, 0.2) is 11.3 Å². The van der Waals surface area contributed by atoms with Crippen molar-refractivity contribution < 1.29 is 0 Å². The Morgan fingerprint density at radius 1 is 0.964 bits per heavy atom. The highest BCUT2D eigenvalue weighted by Crippen LogP contribution is 2.27. The molecule has 0 aliphatic rings. The maximum atomic E-state index is 12.6. The summed E-state index contributed by atoms with van der Waals surface area (Å²) < 4.78 is 1.59. The van der Waals surface area contributed by atoms with Crippen LogP contribution in [0.1, 0.15) is 18.7 Å². The lowest BCUT2D eigenvalue weighted by Gasteiger charge is -2.12. The van der Waals surface area contributed by atoms with Crippen LogP contribution in [0.3, 0.4) is 0 Å². The minimum Gasteiger partial charge on any atom is -0.289 e. The smallest absolute Gasteiger partial charge is 0.289 e. The molecule has 4 aromatic heterocycles. The van der Waals surface area contributed by atoms with Gasteiger partial charge in [0, 0.05) is 23.3 Å². The third-order valence-electron chi connectivity index (χ3n) is 4.85. The fraction of sp³-hybridized carbons (Fsp3) is 0.0952. The number of H-pyrrole nitrogens is 1. The summed E-state index contributed by atoms with van der Waals surface area (Å²) in [6, 6.07) is 15.1. The quantitative estimate of drug-likeness (QED) is 0.527. The standard InChI is InChI=1S/C21H16N6O/c1-13(16-8-2-3-10-22-16)27-20-19(26-21(27)28)24-12-18(25-20)15-6-4-9-17-14(15)7-5-11-23-17/h2-13H,1H3,(H,24,26,28). The summed E-state index contributed by atoms with van der Waals surface area (Å²) in [5, 5.41) is 0.987. The average molecular weight is 368 g/mol. The van der Waals surface area contributed by atoms with E-state index in [4.69, 9.17) is 4.98 Å². The molecule has 1 atom stereocenters. The van der Waals surface area contributed by atoms with Crippen molar-refractivity contribution in [2.75, 3.05) is 0 Å². The third-order valence-corrected chi connectivity index (χ3v) is 4.85. The van der Waals surface area contributed by atoms with Crippen LogP contribution in [0.25, 0.3) is 33.5 Å². The lowest BCUT2D eigenvalue weighted by Crippen LogP contribution is -2.22. The van der Waals surface area contributed by atoms with Crippen LogP contribution in [0, 0.1) is 0 Å². The lowest BCUT2D eigenvalue weighted by molar-refractivity contribution is 0.613. The van der Waals surface area contributed by atoms with Crippen LogP contribution in [0.15, 0.2) is 71.9 Å². The second-order valence-electron chi connectivity index (χ2n) is 6.53. The van der Waals surface area contributed by atoms with Gasteiger partial charge in [0.25, 0.3) is 0 Å². The van der Waals surface area contributed by atoms with Crippen LogP contribution in [0.4, 0.5) is 0 Å². The van der Waals surface area contributed by atoms with Crippen molar-refractivity contribution in [3.63, 3.8) is 0 Å². The molecule has 0 radical (unpaired) electrons. The van der Waals surface area contributed by atoms with Crippen molar-refractivity contribution in [3.05, 3.63) is 83.3 Å². The van der Waals surface area contributed by atoms with E-state index < -0.39 is 0 Å². The molecule has 4 heterocycles. The van der Waals surface area contributed by atoms with Crippen LogP contribution < -0.4 is 5.69 Å². The number of hydrogen-bond acceptors (Lipinski definition) is 5. The predicted molar refractivity (Wildman–Crippen MR) is 107 cm³/mol. The summed E-state index contributed by atoms with van der Waals surface area (Å²) in [6.07, 6.45) is 5.15. The molecule has 0 spiro atoms. The van der Waals surface area contributed by atoms with Gasteiger partial charge < -0.3 is 0 Å². The van der Waals surface area contributed by atoms with Gasteiger partial charge in [-0.2, -0.15) is 0 Å². The summed E-state index contributed by atoms with van der Waals surface area (Å²) in [6.45, 7) is 1.92. The van der Waals surface area contributed by atoms with Gasteiger partial charge in [-0.15, -0.1) is 0 Å². The van der Waals surface area contributed by atoms with Gasteiger partial charge in [0.05, 0.1) is 29.1 Å². The van der Waals surface area contributed by atoms with Gasteiger partial charge in [0.2, 0.25) is 0 Å². The molecule has 0 amide bonds. The Hall–Kier alpha value is -3.87. The molecule has 0 saturated heterocycles. The SMILES string of the molecule is CC(c1ccccn1)n1c(=O)[nH]c2ncc(-c3cccc4ncccc34)nc21. The number of fused-ring (bicyclic) bond motifs is 2. The zero-order chi connectivity index (χ0) is 19.1. The summed E-state index contributed by atoms with van der Waals surface area (Å²) in [5.74, 6) is 0. The second-order valence-corrected chi connectivity index (χ2v) is 6.53. The summed E-state index contributed by atoms with van der Waals surface area (Å²) in [7, 11) is 0. The second kappa shape index (κ2) is 6.38. The average Bonchev–Trinajstić information content (AvgIpc) is 3.08. The molecule has 0 bridgehead atoms. The number of pyridine rings is 2. The predicted octanol–water partition coefficient (Wildman–Crippen LogP) is 3.34. The number of rotatable bonds is 3. The molecule has 7 heteroatoms. The summed E-state index contributed by atoms with van der Waals surface area (Å²) in [4.78, 5) is 33.4. The fourth-order valence-corrected chi connectivity index (χ4v) is 3.46. The largest absolute Gasteiger partial charge is 0.329 e. The van der Waals surface area contributed by atoms with E-state index in [1.165, 1.54) is 0 Å². The molecule has 5 rings (SSSR count). The number of aromatic amines is 1. The number of nitrogens with zero attached hydrogens (tertiary/aromatic N) is 5. The first-order valence-electron chi connectivity index (χ1n) is 8.94. The molecule has 136 valence electrons. The molecule has 0 saturated carbocycles. The van der Waals surface area contributed by atoms with Gasteiger partial charge >= 0.3 is 5.69 Å². The number of aromatic nitrogens is 6. The molecule has 1 aromatic carbocycles. The van der Waals surface area contributed by atoms with Crippen molar-refractivity contribution in [2.45, 2.75) is 13.0 Å². The van der Waals surface area contributed by atoms with Gasteiger partial charge in [0.1, 0.15) is 0 Å². The highest BCUT2D eigenvalue weighted by atomic mass is 16.1. The van der Waals surface area contributed by atoms with E-state index in [1.807, 2.05) is 55.5 Å². The summed E-state index contributed by atoms with van der Waals surface area (Å²) in [5.41, 5.74) is 3.97. The van der Waals surface area contributed by atoms with Gasteiger partial charge in [-0.25, -0.2) is 14.8 Å². The van der Waals surface area contributed by atoms with Crippen LogP contribution >= 0.6 is 0 Å². The topological polar surface area (TPSA) is 89.4 Å². The van der Waals surface area contributed by atoms with E-state index in [0.717, 1.165) is 22.2 Å². The zero-order valence-electron chi connectivity index (χ0n) is 15.1. The minimum atomic E-state index is -0.277. The molecule has 0 aliphatic heterocycles. The van der Waals surface area contributed by atoms with Crippen LogP contribution in [0.2, 0.25) is 0 Å². The van der Waals surface area contributed by atoms with Crippen molar-refractivity contribution in [1.29, 1.82) is 0 Å². The lowest BCUT2D eigenvalue weighted by atomic mass is 10.1. The molecular formula is C21H16N6O. The Bertz CT molecular complexity index is 1350. The Morgan fingerprint density at radius 2 is 1.86 bits per heavy atom. The van der Waals surface area contributed by atoms with Crippen LogP contribution in [0.5, 0.6) is 0 Å². The molecule has 28 heavy (non-hydrogen) atoms. The molecule has 1 unspecified atom stereocenters. The summed E-state index contributed by atoms with van der Waals surface area (Å²) >= 11 is 0. The maximum absolute atomic E-state index is 12.6. The maximum Gasteiger partial charge on any atom is 0.329 e. The molecule has 0 fully saturated rings. The first kappa shape index (κ1) is 16.3. The van der Waals surface area contributed by atoms with E-state index in [9.17, 15) is 4.79 Å². The van der Waals surface area contributed by atoms with Crippen molar-refractivity contribution >= 4 is 22.2 Å². The minimum absolute atomic E-state index is 0.259. The molecular weight excluding hydrogens is 352 g/mol. The Labute approximate surface area is 159 Å². The van der Waals surface area contributed by atoms with Gasteiger partial charge in [-0.05, 0) is 31.2 Å². The number of hydrogen-bond donors (Lipinski definition) is 1. The first-order valence-corrected chi connectivity index (χ1v) is 8.94. The monoisotopic (exact) mass is 368 g/mol. The van der Waals surface area contributed by atoms with Gasteiger partial charge in [-0.1, -0.05) is 24.3 Å². The van der Waals surface area contributed by atoms with Crippen molar-refractivity contribution in [3.8, 4) is 11.3 Å². The Morgan fingerprint density at radius 3 is 2.71 bits per heavy atom. The first-order chi connectivity index (χ1) is 13.7. The van der Waals surface area contributed by atoms with E-state index in [-0.39, 0.29) is 11.7 Å². The fourth-order valence-electron chi connectivity index (χ4n) is 3.46. The van der Waals surface area contributed by atoms with E-state index in [1.54, 1.807) is 23.2 Å². The van der Waals surface area contributed by atoms with E-state index in [2.05, 4.69) is 19.9 Å². The van der Waals surface area contributed by atoms with Gasteiger partial charge in [-0.3, -0.25) is 19.5 Å². The molecule has 7 nitrogen and oxygen atoms in total.